The number of thioether (sulfide) groups is 1. The molecular formula is C10H20N2S. The van der Waals surface area contributed by atoms with Gasteiger partial charge >= 0.3 is 0 Å². The van der Waals surface area contributed by atoms with Gasteiger partial charge in [0.15, 0.2) is 0 Å². The zero-order chi connectivity index (χ0) is 9.84. The van der Waals surface area contributed by atoms with E-state index in [1.165, 1.54) is 23.6 Å². The monoisotopic (exact) mass is 200 g/mol. The van der Waals surface area contributed by atoms with Crippen molar-refractivity contribution >= 4 is 11.8 Å². The molecule has 3 heteroatoms. The molecular weight excluding hydrogens is 180 g/mol. The maximum atomic E-state index is 6.12. The highest BCUT2D eigenvalue weighted by molar-refractivity contribution is 7.99. The van der Waals surface area contributed by atoms with Crippen molar-refractivity contribution in [2.75, 3.05) is 25.1 Å². The summed E-state index contributed by atoms with van der Waals surface area (Å²) >= 11 is 2.01. The lowest BCUT2D eigenvalue weighted by molar-refractivity contribution is 0.235. The molecule has 2 atom stereocenters. The SMILES string of the molecule is C=C(C)CC(N)C1CSCCN1C. The van der Waals surface area contributed by atoms with Crippen LogP contribution in [0, 0.1) is 0 Å². The van der Waals surface area contributed by atoms with Crippen LogP contribution < -0.4 is 5.73 Å². The molecule has 1 heterocycles. The Balaban J connectivity index is 2.43. The standard InChI is InChI=1S/C10H20N2S/c1-8(2)6-9(11)10-7-13-5-4-12(10)3/h9-10H,1,4-7,11H2,2-3H3. The summed E-state index contributed by atoms with van der Waals surface area (Å²) in [5.41, 5.74) is 7.32. The van der Waals surface area contributed by atoms with Crippen molar-refractivity contribution < 1.29 is 0 Å². The molecule has 0 amide bonds. The van der Waals surface area contributed by atoms with Crippen LogP contribution in [-0.2, 0) is 0 Å². The van der Waals surface area contributed by atoms with E-state index >= 15 is 0 Å². The van der Waals surface area contributed by atoms with Gasteiger partial charge in [-0.15, -0.1) is 6.58 Å². The average molecular weight is 200 g/mol. The van der Waals surface area contributed by atoms with Crippen molar-refractivity contribution in [1.82, 2.24) is 4.90 Å². The average Bonchev–Trinajstić information content (AvgIpc) is 2.03. The molecule has 0 spiro atoms. The second-order valence-corrected chi connectivity index (χ2v) is 5.10. The van der Waals surface area contributed by atoms with Crippen LogP contribution in [0.15, 0.2) is 12.2 Å². The first kappa shape index (κ1) is 11.1. The molecule has 0 aromatic heterocycles. The predicted octanol–water partition coefficient (Wildman–Crippen LogP) is 1.33. The molecule has 1 rings (SSSR count). The van der Waals surface area contributed by atoms with Gasteiger partial charge in [0.2, 0.25) is 0 Å². The first-order valence-corrected chi connectivity index (χ1v) is 5.94. The second-order valence-electron chi connectivity index (χ2n) is 3.95. The molecule has 1 aliphatic heterocycles. The summed E-state index contributed by atoms with van der Waals surface area (Å²) in [7, 11) is 2.17. The minimum absolute atomic E-state index is 0.260. The van der Waals surface area contributed by atoms with E-state index in [9.17, 15) is 0 Å². The van der Waals surface area contributed by atoms with Gasteiger partial charge in [-0.1, -0.05) is 5.57 Å². The van der Waals surface area contributed by atoms with Gasteiger partial charge in [0.25, 0.3) is 0 Å². The van der Waals surface area contributed by atoms with Crippen molar-refractivity contribution in [2.45, 2.75) is 25.4 Å². The Bertz CT molecular complexity index is 182. The van der Waals surface area contributed by atoms with Crippen LogP contribution in [0.25, 0.3) is 0 Å². The van der Waals surface area contributed by atoms with E-state index in [0.717, 1.165) is 6.42 Å². The van der Waals surface area contributed by atoms with Crippen LogP contribution in [-0.4, -0.2) is 42.1 Å². The van der Waals surface area contributed by atoms with Crippen LogP contribution >= 0.6 is 11.8 Å². The number of nitrogens with two attached hydrogens (primary N) is 1. The highest BCUT2D eigenvalue weighted by atomic mass is 32.2. The Kier molecular flexibility index (Phi) is 4.29. The molecule has 0 aromatic rings. The lowest BCUT2D eigenvalue weighted by atomic mass is 10.0. The van der Waals surface area contributed by atoms with E-state index in [0.29, 0.717) is 6.04 Å². The molecule has 0 radical (unpaired) electrons. The van der Waals surface area contributed by atoms with E-state index in [4.69, 9.17) is 5.73 Å². The minimum atomic E-state index is 0.260. The summed E-state index contributed by atoms with van der Waals surface area (Å²) < 4.78 is 0. The van der Waals surface area contributed by atoms with E-state index in [-0.39, 0.29) is 6.04 Å². The van der Waals surface area contributed by atoms with Crippen LogP contribution in [0.4, 0.5) is 0 Å². The highest BCUT2D eigenvalue weighted by Gasteiger charge is 2.24. The number of hydrogen-bond donors (Lipinski definition) is 1. The summed E-state index contributed by atoms with van der Waals surface area (Å²) in [6.07, 6.45) is 0.954. The van der Waals surface area contributed by atoms with Gasteiger partial charge in [0.05, 0.1) is 0 Å². The number of hydrogen-bond acceptors (Lipinski definition) is 3. The molecule has 0 bridgehead atoms. The first-order chi connectivity index (χ1) is 6.11. The molecule has 1 aliphatic rings. The number of rotatable bonds is 3. The Hall–Kier alpha value is 0.01000. The van der Waals surface area contributed by atoms with Crippen molar-refractivity contribution in [2.24, 2.45) is 5.73 Å². The topological polar surface area (TPSA) is 29.3 Å². The summed E-state index contributed by atoms with van der Waals surface area (Å²) in [5.74, 6) is 2.41. The van der Waals surface area contributed by atoms with Gasteiger partial charge in [-0.05, 0) is 20.4 Å². The van der Waals surface area contributed by atoms with Crippen molar-refractivity contribution in [3.8, 4) is 0 Å². The summed E-state index contributed by atoms with van der Waals surface area (Å²) in [4.78, 5) is 2.38. The quantitative estimate of drug-likeness (QED) is 0.697. The van der Waals surface area contributed by atoms with Gasteiger partial charge in [-0.2, -0.15) is 11.8 Å². The highest BCUT2D eigenvalue weighted by Crippen LogP contribution is 2.19. The van der Waals surface area contributed by atoms with Crippen LogP contribution in [0.1, 0.15) is 13.3 Å². The Morgan fingerprint density at radius 1 is 1.77 bits per heavy atom. The molecule has 0 aliphatic carbocycles. The summed E-state index contributed by atoms with van der Waals surface area (Å²) in [6.45, 7) is 7.13. The van der Waals surface area contributed by atoms with Crippen LogP contribution in [0.2, 0.25) is 0 Å². The molecule has 13 heavy (non-hydrogen) atoms. The van der Waals surface area contributed by atoms with Crippen molar-refractivity contribution in [1.29, 1.82) is 0 Å². The maximum Gasteiger partial charge on any atom is 0.0338 e. The fraction of sp³-hybridized carbons (Fsp3) is 0.800. The third kappa shape index (κ3) is 3.33. The number of likely N-dealkylation sites (N-methyl/N-ethyl adjacent to an activating group) is 1. The van der Waals surface area contributed by atoms with Gasteiger partial charge in [-0.25, -0.2) is 0 Å². The van der Waals surface area contributed by atoms with Crippen LogP contribution in [0.5, 0.6) is 0 Å². The summed E-state index contributed by atoms with van der Waals surface area (Å²) in [5, 5.41) is 0. The molecule has 76 valence electrons. The fourth-order valence-electron chi connectivity index (χ4n) is 1.69. The normalized spacial score (nSPS) is 27.2. The van der Waals surface area contributed by atoms with Gasteiger partial charge in [0, 0.05) is 30.1 Å². The van der Waals surface area contributed by atoms with E-state index in [1.807, 2.05) is 11.8 Å². The Morgan fingerprint density at radius 2 is 2.46 bits per heavy atom. The third-order valence-corrected chi connectivity index (χ3v) is 3.57. The Morgan fingerprint density at radius 3 is 3.00 bits per heavy atom. The lowest BCUT2D eigenvalue weighted by Gasteiger charge is -2.36. The molecule has 0 aromatic carbocycles. The van der Waals surface area contributed by atoms with Crippen molar-refractivity contribution in [3.05, 3.63) is 12.2 Å². The molecule has 0 saturated carbocycles. The fourth-order valence-corrected chi connectivity index (χ4v) is 3.02. The molecule has 1 fully saturated rings. The molecule has 2 unspecified atom stereocenters. The maximum absolute atomic E-state index is 6.12. The van der Waals surface area contributed by atoms with E-state index in [1.54, 1.807) is 0 Å². The zero-order valence-corrected chi connectivity index (χ0v) is 9.44. The zero-order valence-electron chi connectivity index (χ0n) is 8.62. The van der Waals surface area contributed by atoms with E-state index in [2.05, 4.69) is 25.5 Å². The van der Waals surface area contributed by atoms with Gasteiger partial charge in [0.1, 0.15) is 0 Å². The van der Waals surface area contributed by atoms with Crippen LogP contribution in [0.3, 0.4) is 0 Å². The second kappa shape index (κ2) is 5.03. The first-order valence-electron chi connectivity index (χ1n) is 4.79. The smallest absolute Gasteiger partial charge is 0.0338 e. The third-order valence-electron chi connectivity index (χ3n) is 2.52. The molecule has 2 N–H and O–H groups in total. The van der Waals surface area contributed by atoms with Gasteiger partial charge < -0.3 is 10.6 Å². The van der Waals surface area contributed by atoms with Crippen molar-refractivity contribution in [3.63, 3.8) is 0 Å². The lowest BCUT2D eigenvalue weighted by Crippen LogP contribution is -2.50. The number of nitrogens with zero attached hydrogens (tertiary/aromatic N) is 1. The predicted molar refractivity (Wildman–Crippen MR) is 61.1 cm³/mol. The van der Waals surface area contributed by atoms with Gasteiger partial charge in [-0.3, -0.25) is 0 Å². The Labute approximate surface area is 85.6 Å². The van der Waals surface area contributed by atoms with E-state index < -0.39 is 0 Å². The summed E-state index contributed by atoms with van der Waals surface area (Å²) in [6, 6.07) is 0.797. The minimum Gasteiger partial charge on any atom is -0.326 e. The molecule has 2 nitrogen and oxygen atoms in total. The largest absolute Gasteiger partial charge is 0.326 e. The molecule has 1 saturated heterocycles.